The van der Waals surface area contributed by atoms with Crippen molar-refractivity contribution in [1.82, 2.24) is 9.78 Å². The smallest absolute Gasteiger partial charge is 0.312 e. The van der Waals surface area contributed by atoms with Crippen LogP contribution in [0.3, 0.4) is 0 Å². The molecule has 76 valence electrons. The van der Waals surface area contributed by atoms with Crippen LogP contribution in [0, 0.1) is 0 Å². The van der Waals surface area contributed by atoms with Gasteiger partial charge in [0.2, 0.25) is 0 Å². The molecule has 0 aliphatic carbocycles. The summed E-state index contributed by atoms with van der Waals surface area (Å²) in [6.45, 7) is 2.91. The molecule has 5 heteroatoms. The Labute approximate surface area is 81.3 Å². The van der Waals surface area contributed by atoms with Crippen molar-refractivity contribution in [1.29, 1.82) is 0 Å². The molecular formula is C9H12N2O3. The van der Waals surface area contributed by atoms with Crippen molar-refractivity contribution in [3.05, 3.63) is 18.0 Å². The molecule has 0 amide bonds. The highest BCUT2D eigenvalue weighted by atomic mass is 16.5. The second kappa shape index (κ2) is 3.42. The topological polar surface area (TPSA) is 64.3 Å². The van der Waals surface area contributed by atoms with Crippen LogP contribution < -0.4 is 0 Å². The molecule has 1 fully saturated rings. The average Bonchev–Trinajstić information content (AvgIpc) is 2.48. The van der Waals surface area contributed by atoms with E-state index >= 15 is 0 Å². The highest BCUT2D eigenvalue weighted by Crippen LogP contribution is 2.23. The Balaban J connectivity index is 2.24. The van der Waals surface area contributed by atoms with Gasteiger partial charge in [-0.15, -0.1) is 0 Å². The van der Waals surface area contributed by atoms with E-state index in [-0.39, 0.29) is 6.04 Å². The van der Waals surface area contributed by atoms with Crippen molar-refractivity contribution in [2.75, 3.05) is 13.2 Å². The summed E-state index contributed by atoms with van der Waals surface area (Å²) >= 11 is 0. The lowest BCUT2D eigenvalue weighted by Gasteiger charge is -2.28. The van der Waals surface area contributed by atoms with Crippen LogP contribution in [0.2, 0.25) is 0 Å². The third-order valence-corrected chi connectivity index (χ3v) is 2.48. The van der Waals surface area contributed by atoms with Crippen molar-refractivity contribution in [2.45, 2.75) is 18.9 Å². The lowest BCUT2D eigenvalue weighted by atomic mass is 10.1. The summed E-state index contributed by atoms with van der Waals surface area (Å²) < 4.78 is 6.80. The molecule has 5 nitrogen and oxygen atoms in total. The Kier molecular flexibility index (Phi) is 2.25. The van der Waals surface area contributed by atoms with Crippen molar-refractivity contribution >= 4 is 5.97 Å². The Morgan fingerprint density at radius 2 is 2.50 bits per heavy atom. The molecule has 1 aliphatic rings. The number of aromatic nitrogens is 2. The first kappa shape index (κ1) is 9.21. The molecule has 1 unspecified atom stereocenters. The number of ether oxygens (including phenoxy) is 1. The van der Waals surface area contributed by atoms with Gasteiger partial charge >= 0.3 is 5.97 Å². The van der Waals surface area contributed by atoms with Crippen molar-refractivity contribution < 1.29 is 14.6 Å². The van der Waals surface area contributed by atoms with Crippen LogP contribution in [0.15, 0.2) is 12.3 Å². The first-order valence-corrected chi connectivity index (χ1v) is 4.54. The maximum absolute atomic E-state index is 10.8. The van der Waals surface area contributed by atoms with E-state index in [0.717, 1.165) is 5.69 Å². The molecule has 0 radical (unpaired) electrons. The number of nitrogens with zero attached hydrogens (tertiary/aromatic N) is 2. The summed E-state index contributed by atoms with van der Waals surface area (Å²) in [6.07, 6.45) is 1.63. The third-order valence-electron chi connectivity index (χ3n) is 2.48. The van der Waals surface area contributed by atoms with Crippen LogP contribution in [-0.4, -0.2) is 34.1 Å². The Hall–Kier alpha value is -1.36. The van der Waals surface area contributed by atoms with E-state index in [4.69, 9.17) is 9.84 Å². The Bertz CT molecular complexity index is 344. The maximum atomic E-state index is 10.8. The number of hydrogen-bond acceptors (Lipinski definition) is 3. The van der Waals surface area contributed by atoms with Crippen molar-refractivity contribution in [2.24, 2.45) is 0 Å². The molecule has 14 heavy (non-hydrogen) atoms. The molecule has 1 N–H and O–H groups in total. The van der Waals surface area contributed by atoms with E-state index in [1.54, 1.807) is 23.9 Å². The van der Waals surface area contributed by atoms with Crippen molar-refractivity contribution in [3.8, 4) is 0 Å². The van der Waals surface area contributed by atoms with Gasteiger partial charge in [-0.1, -0.05) is 0 Å². The number of hydrogen-bond donors (Lipinski definition) is 1. The summed E-state index contributed by atoms with van der Waals surface area (Å²) in [6, 6.07) is 1.96. The predicted molar refractivity (Wildman–Crippen MR) is 48.1 cm³/mol. The van der Waals surface area contributed by atoms with Gasteiger partial charge in [0.1, 0.15) is 0 Å². The average molecular weight is 196 g/mol. The predicted octanol–water partition coefficient (Wildman–Crippen LogP) is 0.642. The minimum atomic E-state index is -0.827. The monoisotopic (exact) mass is 196 g/mol. The number of rotatable bonds is 3. The van der Waals surface area contributed by atoms with Crippen molar-refractivity contribution in [3.63, 3.8) is 0 Å². The van der Waals surface area contributed by atoms with Gasteiger partial charge in [0.25, 0.3) is 0 Å². The summed E-state index contributed by atoms with van der Waals surface area (Å²) in [5.74, 6) is -1.34. The van der Waals surface area contributed by atoms with E-state index in [1.807, 2.05) is 0 Å². The molecule has 0 spiro atoms. The van der Waals surface area contributed by atoms with Gasteiger partial charge in [-0.2, -0.15) is 5.10 Å². The Morgan fingerprint density at radius 1 is 1.79 bits per heavy atom. The van der Waals surface area contributed by atoms with E-state index < -0.39 is 11.9 Å². The van der Waals surface area contributed by atoms with E-state index in [9.17, 15) is 4.79 Å². The minimum absolute atomic E-state index is 0.210. The molecule has 0 saturated carbocycles. The summed E-state index contributed by atoms with van der Waals surface area (Å²) in [7, 11) is 0. The number of aliphatic carboxylic acids is 1. The van der Waals surface area contributed by atoms with Crippen LogP contribution in [0.5, 0.6) is 0 Å². The standard InChI is InChI=1S/C9H12N2O3/c1-6(9(12)13)8-2-3-10-11(8)7-4-14-5-7/h2-3,6-7H,4-5H2,1H3,(H,12,13). The highest BCUT2D eigenvalue weighted by Gasteiger charge is 2.26. The number of carboxylic acid groups (broad SMARTS) is 1. The maximum Gasteiger partial charge on any atom is 0.312 e. The molecule has 1 atom stereocenters. The highest BCUT2D eigenvalue weighted by molar-refractivity contribution is 5.74. The fraction of sp³-hybridized carbons (Fsp3) is 0.556. The fourth-order valence-corrected chi connectivity index (χ4v) is 1.46. The van der Waals surface area contributed by atoms with E-state index in [0.29, 0.717) is 13.2 Å². The van der Waals surface area contributed by atoms with Gasteiger partial charge < -0.3 is 9.84 Å². The summed E-state index contributed by atoms with van der Waals surface area (Å²) in [5, 5.41) is 13.0. The van der Waals surface area contributed by atoms with Crippen LogP contribution in [0.4, 0.5) is 0 Å². The third kappa shape index (κ3) is 1.39. The lowest BCUT2D eigenvalue weighted by molar-refractivity contribution is -0.138. The zero-order chi connectivity index (χ0) is 10.1. The Morgan fingerprint density at radius 3 is 3.00 bits per heavy atom. The first-order valence-electron chi connectivity index (χ1n) is 4.54. The molecule has 1 saturated heterocycles. The van der Waals surface area contributed by atoms with Crippen LogP contribution in [-0.2, 0) is 9.53 Å². The van der Waals surface area contributed by atoms with Gasteiger partial charge in [0, 0.05) is 6.20 Å². The van der Waals surface area contributed by atoms with E-state index in [2.05, 4.69) is 5.10 Å². The molecule has 0 aromatic carbocycles. The quantitative estimate of drug-likeness (QED) is 0.770. The fourth-order valence-electron chi connectivity index (χ4n) is 1.46. The lowest BCUT2D eigenvalue weighted by Crippen LogP contribution is -2.33. The van der Waals surface area contributed by atoms with Crippen LogP contribution in [0.25, 0.3) is 0 Å². The summed E-state index contributed by atoms with van der Waals surface area (Å²) in [5.41, 5.74) is 0.741. The number of carboxylic acids is 1. The molecule has 1 aliphatic heterocycles. The molecule has 2 heterocycles. The second-order valence-corrected chi connectivity index (χ2v) is 3.45. The van der Waals surface area contributed by atoms with Gasteiger partial charge in [0.05, 0.1) is 30.9 Å². The molecule has 1 aromatic rings. The molecule has 1 aromatic heterocycles. The normalized spacial score (nSPS) is 18.9. The molecular weight excluding hydrogens is 184 g/mol. The SMILES string of the molecule is CC(C(=O)O)c1ccnn1C1COC1. The molecule has 2 rings (SSSR count). The summed E-state index contributed by atoms with van der Waals surface area (Å²) in [4.78, 5) is 10.8. The van der Waals surface area contributed by atoms with Crippen LogP contribution in [0.1, 0.15) is 24.6 Å². The van der Waals surface area contributed by atoms with Gasteiger partial charge in [0.15, 0.2) is 0 Å². The molecule has 0 bridgehead atoms. The van der Waals surface area contributed by atoms with Crippen LogP contribution >= 0.6 is 0 Å². The second-order valence-electron chi connectivity index (χ2n) is 3.45. The first-order chi connectivity index (χ1) is 6.70. The van der Waals surface area contributed by atoms with Gasteiger partial charge in [-0.25, -0.2) is 0 Å². The van der Waals surface area contributed by atoms with Gasteiger partial charge in [-0.3, -0.25) is 9.48 Å². The largest absolute Gasteiger partial charge is 0.481 e. The number of carbonyl (C=O) groups is 1. The minimum Gasteiger partial charge on any atom is -0.481 e. The zero-order valence-corrected chi connectivity index (χ0v) is 7.88. The van der Waals surface area contributed by atoms with E-state index in [1.165, 1.54) is 0 Å². The van der Waals surface area contributed by atoms with Gasteiger partial charge in [-0.05, 0) is 13.0 Å². The zero-order valence-electron chi connectivity index (χ0n) is 7.88.